The maximum atomic E-state index is 13.1. The molecule has 0 aliphatic heterocycles. The first-order chi connectivity index (χ1) is 45.0. The molecular weight excluding hydrogens is 1220 g/mol. The highest BCUT2D eigenvalue weighted by molar-refractivity contribution is 7.47. The molecule has 0 radical (unpaired) electrons. The summed E-state index contributed by atoms with van der Waals surface area (Å²) < 4.78 is 68.5. The van der Waals surface area contributed by atoms with E-state index in [0.717, 1.165) is 95.8 Å². The van der Waals surface area contributed by atoms with Crippen molar-refractivity contribution in [2.75, 3.05) is 39.6 Å². The van der Waals surface area contributed by atoms with E-state index in [2.05, 4.69) is 34.6 Å². The molecule has 0 heterocycles. The van der Waals surface area contributed by atoms with Crippen molar-refractivity contribution in [3.05, 3.63) is 0 Å². The molecule has 0 fully saturated rings. The minimum atomic E-state index is -4.95. The molecule has 0 saturated carbocycles. The fourth-order valence-corrected chi connectivity index (χ4v) is 12.9. The van der Waals surface area contributed by atoms with Gasteiger partial charge in [0, 0.05) is 25.7 Å². The number of esters is 4. The van der Waals surface area contributed by atoms with Crippen molar-refractivity contribution in [2.45, 2.75) is 406 Å². The molecule has 3 N–H and O–H groups in total. The first kappa shape index (κ1) is 91.1. The van der Waals surface area contributed by atoms with E-state index < -0.39 is 97.5 Å². The molecule has 17 nitrogen and oxygen atoms in total. The fourth-order valence-electron chi connectivity index (χ4n) is 11.4. The number of carbonyl (C=O) groups is 4. The van der Waals surface area contributed by atoms with E-state index in [0.29, 0.717) is 25.7 Å². The Labute approximate surface area is 568 Å². The molecule has 0 aliphatic rings. The third-order valence-corrected chi connectivity index (χ3v) is 19.2. The van der Waals surface area contributed by atoms with E-state index in [9.17, 15) is 43.2 Å². The van der Waals surface area contributed by atoms with Crippen LogP contribution >= 0.6 is 15.6 Å². The second kappa shape index (κ2) is 67.3. The van der Waals surface area contributed by atoms with E-state index in [1.165, 1.54) is 212 Å². The van der Waals surface area contributed by atoms with Crippen LogP contribution in [0, 0.1) is 5.92 Å². The first-order valence-corrected chi connectivity index (χ1v) is 41.6. The third kappa shape index (κ3) is 68.4. The van der Waals surface area contributed by atoms with Gasteiger partial charge in [0.1, 0.15) is 19.3 Å². The van der Waals surface area contributed by atoms with Gasteiger partial charge >= 0.3 is 39.5 Å². The zero-order valence-electron chi connectivity index (χ0n) is 60.4. The molecule has 0 amide bonds. The second-order valence-corrected chi connectivity index (χ2v) is 30.1. The SMILES string of the molecule is CCCCCCCCCCCCCCCCCCC(=O)O[C@H](COC(=O)CCCCCCCCCCCCCCC)COP(=O)(O)OC[C@@H](O)COP(=O)(O)OC[C@@H](COC(=O)CCCCCCCCCCC(C)C)OC(=O)CCCCCCCCCCCCCCC. The zero-order chi connectivity index (χ0) is 68.4. The van der Waals surface area contributed by atoms with Gasteiger partial charge in [-0.15, -0.1) is 0 Å². The summed E-state index contributed by atoms with van der Waals surface area (Å²) in [5.74, 6) is -1.39. The lowest BCUT2D eigenvalue weighted by molar-refractivity contribution is -0.161. The summed E-state index contributed by atoms with van der Waals surface area (Å²) in [7, 11) is -9.91. The molecule has 0 spiro atoms. The molecule has 0 aromatic rings. The fraction of sp³-hybridized carbons (Fsp3) is 0.946. The number of rotatable bonds is 74. The second-order valence-electron chi connectivity index (χ2n) is 27.2. The minimum absolute atomic E-state index is 0.107. The van der Waals surface area contributed by atoms with Crippen LogP contribution in [0.5, 0.6) is 0 Å². The Balaban J connectivity index is 5.25. The standard InChI is InChI=1S/C74H144O17P2/c1-6-9-12-15-18-21-24-27-28-29-32-35-38-45-50-55-60-74(79)90-69(63-84-71(76)57-52-47-42-36-33-30-25-22-19-16-13-10-7-2)65-88-92(80,81)86-61-68(75)62-87-93(82,83)89-66-70(64-85-72(77)58-53-48-43-40-39-41-46-51-56-67(4)5)91-73(78)59-54-49-44-37-34-31-26-23-20-17-14-11-8-3/h67-70,75H,6-66H2,1-5H3,(H,80,81)(H,82,83)/t68-,69-,70-/m1/s1. The van der Waals surface area contributed by atoms with Crippen molar-refractivity contribution >= 4 is 39.5 Å². The molecule has 93 heavy (non-hydrogen) atoms. The molecule has 0 aromatic carbocycles. The Kier molecular flexibility index (Phi) is 65.9. The zero-order valence-corrected chi connectivity index (χ0v) is 62.2. The van der Waals surface area contributed by atoms with Gasteiger partial charge in [-0.05, 0) is 31.6 Å². The number of unbranched alkanes of at least 4 members (excludes halogenated alkanes) is 46. The van der Waals surface area contributed by atoms with Gasteiger partial charge in [0.05, 0.1) is 26.4 Å². The summed E-state index contributed by atoms with van der Waals surface area (Å²) in [6, 6.07) is 0. The number of hydrogen-bond donors (Lipinski definition) is 3. The Morgan fingerprint density at radius 1 is 0.290 bits per heavy atom. The molecule has 0 saturated heterocycles. The van der Waals surface area contributed by atoms with Gasteiger partial charge in [0.2, 0.25) is 0 Å². The average molecular weight is 1370 g/mol. The number of aliphatic hydroxyl groups is 1. The average Bonchev–Trinajstić information content (AvgIpc) is 2.36. The lowest BCUT2D eigenvalue weighted by Gasteiger charge is -2.21. The number of hydrogen-bond acceptors (Lipinski definition) is 15. The van der Waals surface area contributed by atoms with Crippen molar-refractivity contribution in [1.29, 1.82) is 0 Å². The molecule has 19 heteroatoms. The highest BCUT2D eigenvalue weighted by atomic mass is 31.2. The number of carbonyl (C=O) groups excluding carboxylic acids is 4. The molecular formula is C74H144O17P2. The van der Waals surface area contributed by atoms with Crippen LogP contribution in [-0.2, 0) is 65.4 Å². The maximum absolute atomic E-state index is 13.1. The van der Waals surface area contributed by atoms with Gasteiger partial charge in [-0.3, -0.25) is 37.3 Å². The van der Waals surface area contributed by atoms with E-state index in [-0.39, 0.29) is 25.7 Å². The predicted octanol–water partition coefficient (Wildman–Crippen LogP) is 21.7. The van der Waals surface area contributed by atoms with E-state index in [4.69, 9.17) is 37.0 Å². The summed E-state index contributed by atoms with van der Waals surface area (Å²) in [6.45, 7) is 7.25. The van der Waals surface area contributed by atoms with Gasteiger partial charge in [0.15, 0.2) is 12.2 Å². The summed E-state index contributed by atoms with van der Waals surface area (Å²) >= 11 is 0. The van der Waals surface area contributed by atoms with Crippen molar-refractivity contribution in [3.63, 3.8) is 0 Å². The van der Waals surface area contributed by atoms with E-state index >= 15 is 0 Å². The number of phosphoric acid groups is 2. The highest BCUT2D eigenvalue weighted by Crippen LogP contribution is 2.45. The first-order valence-electron chi connectivity index (χ1n) is 38.6. The number of ether oxygens (including phenoxy) is 4. The Bertz CT molecular complexity index is 1790. The monoisotopic (exact) mass is 1370 g/mol. The smallest absolute Gasteiger partial charge is 0.462 e. The summed E-state index contributed by atoms with van der Waals surface area (Å²) in [4.78, 5) is 72.7. The van der Waals surface area contributed by atoms with Gasteiger partial charge in [-0.1, -0.05) is 336 Å². The van der Waals surface area contributed by atoms with Crippen molar-refractivity contribution in [2.24, 2.45) is 5.92 Å². The van der Waals surface area contributed by atoms with Crippen LogP contribution < -0.4 is 0 Å². The number of aliphatic hydroxyl groups excluding tert-OH is 1. The summed E-state index contributed by atoms with van der Waals surface area (Å²) in [5, 5.41) is 10.6. The quantitative estimate of drug-likeness (QED) is 0.0222. The van der Waals surface area contributed by atoms with Crippen LogP contribution in [0.1, 0.15) is 388 Å². The van der Waals surface area contributed by atoms with Gasteiger partial charge < -0.3 is 33.8 Å². The van der Waals surface area contributed by atoms with E-state index in [1.807, 2.05) is 0 Å². The van der Waals surface area contributed by atoms with Crippen LogP contribution in [-0.4, -0.2) is 96.7 Å². The normalized spacial score (nSPS) is 14.0. The molecule has 0 rings (SSSR count). The summed E-state index contributed by atoms with van der Waals surface area (Å²) in [5.41, 5.74) is 0. The van der Waals surface area contributed by atoms with Gasteiger partial charge in [-0.2, -0.15) is 0 Å². The molecule has 2 unspecified atom stereocenters. The van der Waals surface area contributed by atoms with Crippen molar-refractivity contribution in [1.82, 2.24) is 0 Å². The maximum Gasteiger partial charge on any atom is 0.472 e. The highest BCUT2D eigenvalue weighted by Gasteiger charge is 2.30. The molecule has 0 aliphatic carbocycles. The lowest BCUT2D eigenvalue weighted by Crippen LogP contribution is -2.30. The van der Waals surface area contributed by atoms with Crippen molar-refractivity contribution in [3.8, 4) is 0 Å². The van der Waals surface area contributed by atoms with Crippen LogP contribution in [0.4, 0.5) is 0 Å². The van der Waals surface area contributed by atoms with E-state index in [1.54, 1.807) is 0 Å². The molecule has 552 valence electrons. The van der Waals surface area contributed by atoms with Gasteiger partial charge in [-0.25, -0.2) is 9.13 Å². The Hall–Kier alpha value is -1.94. The van der Waals surface area contributed by atoms with Gasteiger partial charge in [0.25, 0.3) is 0 Å². The van der Waals surface area contributed by atoms with Crippen LogP contribution in [0.15, 0.2) is 0 Å². The lowest BCUT2D eigenvalue weighted by atomic mass is 10.0. The third-order valence-electron chi connectivity index (χ3n) is 17.3. The Morgan fingerprint density at radius 2 is 0.495 bits per heavy atom. The Morgan fingerprint density at radius 3 is 0.731 bits per heavy atom. The largest absolute Gasteiger partial charge is 0.472 e. The minimum Gasteiger partial charge on any atom is -0.462 e. The predicted molar refractivity (Wildman–Crippen MR) is 377 cm³/mol. The topological polar surface area (TPSA) is 237 Å². The van der Waals surface area contributed by atoms with Crippen molar-refractivity contribution < 1.29 is 80.2 Å². The molecule has 0 aromatic heterocycles. The van der Waals surface area contributed by atoms with Crippen LogP contribution in [0.2, 0.25) is 0 Å². The van der Waals surface area contributed by atoms with Crippen LogP contribution in [0.3, 0.4) is 0 Å². The number of phosphoric ester groups is 2. The molecule has 0 bridgehead atoms. The summed E-state index contributed by atoms with van der Waals surface area (Å²) in [6.07, 6.45) is 55.3. The molecule has 5 atom stereocenters. The van der Waals surface area contributed by atoms with Crippen LogP contribution in [0.25, 0.3) is 0 Å².